The quantitative estimate of drug-likeness (QED) is 0.0643. The first-order valence-electron chi connectivity index (χ1n) is 15.6. The summed E-state index contributed by atoms with van der Waals surface area (Å²) in [5.41, 5.74) is 1.31. The second-order valence-corrected chi connectivity index (χ2v) is 11.5. The van der Waals surface area contributed by atoms with E-state index >= 15 is 0 Å². The molecule has 244 valence electrons. The van der Waals surface area contributed by atoms with Crippen LogP contribution in [0.1, 0.15) is 99.3 Å². The van der Waals surface area contributed by atoms with Crippen LogP contribution in [0.25, 0.3) is 11.1 Å². The summed E-state index contributed by atoms with van der Waals surface area (Å²) in [5, 5.41) is 0. The Labute approximate surface area is 262 Å². The predicted octanol–water partition coefficient (Wildman–Crippen LogP) is 10.4. The van der Waals surface area contributed by atoms with E-state index in [1.165, 1.54) is 32.1 Å². The molecule has 9 heteroatoms. The minimum absolute atomic E-state index is 0.0358. The summed E-state index contributed by atoms with van der Waals surface area (Å²) in [6, 6.07) is 17.1. The molecule has 3 aromatic carbocycles. The molecule has 0 fully saturated rings. The number of rotatable bonds is 17. The van der Waals surface area contributed by atoms with Crippen molar-refractivity contribution >= 4 is 11.9 Å². The van der Waals surface area contributed by atoms with Gasteiger partial charge in [-0.25, -0.2) is 14.0 Å². The predicted molar refractivity (Wildman–Crippen MR) is 166 cm³/mol. The number of benzene rings is 3. The van der Waals surface area contributed by atoms with Crippen molar-refractivity contribution in [3.8, 4) is 22.6 Å². The summed E-state index contributed by atoms with van der Waals surface area (Å²) in [6.45, 7) is 6.38. The second-order valence-electron chi connectivity index (χ2n) is 11.5. The molecule has 0 saturated heterocycles. The van der Waals surface area contributed by atoms with Crippen molar-refractivity contribution in [3.63, 3.8) is 0 Å². The second kappa shape index (κ2) is 17.6. The molecule has 0 aliphatic heterocycles. The van der Waals surface area contributed by atoms with E-state index in [0.717, 1.165) is 47.9 Å². The van der Waals surface area contributed by atoms with Gasteiger partial charge >= 0.3 is 18.1 Å². The van der Waals surface area contributed by atoms with Crippen LogP contribution < -0.4 is 9.47 Å². The number of unbranched alkanes of at least 4 members (excludes halogenated alkanes) is 6. The van der Waals surface area contributed by atoms with Crippen LogP contribution in [0.5, 0.6) is 11.5 Å². The van der Waals surface area contributed by atoms with Crippen molar-refractivity contribution in [2.24, 2.45) is 5.92 Å². The van der Waals surface area contributed by atoms with Crippen molar-refractivity contribution in [2.75, 3.05) is 6.61 Å². The Morgan fingerprint density at radius 2 is 1.31 bits per heavy atom. The summed E-state index contributed by atoms with van der Waals surface area (Å²) in [5.74, 6) is -2.83. The number of esters is 2. The molecule has 0 amide bonds. The Balaban J connectivity index is 1.52. The molecule has 0 spiro atoms. The number of carbonyl (C=O) groups is 2. The highest BCUT2D eigenvalue weighted by Crippen LogP contribution is 2.29. The van der Waals surface area contributed by atoms with Crippen LogP contribution in [0, 0.1) is 11.7 Å². The van der Waals surface area contributed by atoms with Crippen LogP contribution in [0.3, 0.4) is 0 Å². The molecular formula is C36H42F4O5. The lowest BCUT2D eigenvalue weighted by Crippen LogP contribution is -2.34. The minimum atomic E-state index is -4.78. The van der Waals surface area contributed by atoms with Crippen molar-refractivity contribution in [1.82, 2.24) is 0 Å². The Morgan fingerprint density at radius 1 is 0.733 bits per heavy atom. The van der Waals surface area contributed by atoms with Crippen molar-refractivity contribution < 1.29 is 41.4 Å². The third kappa shape index (κ3) is 11.9. The van der Waals surface area contributed by atoms with Gasteiger partial charge in [-0.05, 0) is 72.7 Å². The van der Waals surface area contributed by atoms with Gasteiger partial charge in [0.2, 0.25) is 0 Å². The van der Waals surface area contributed by atoms with Gasteiger partial charge in [0.05, 0.1) is 17.7 Å². The molecule has 3 aromatic rings. The lowest BCUT2D eigenvalue weighted by molar-refractivity contribution is -0.206. The standard InChI is InChI=1S/C36H42F4O5/c1-4-5-6-7-8-9-10-23-43-29-18-16-27(17-19-29)26-12-14-28(15-13-26)34(41)44-30-20-21-31(32(37)24-30)35(42)45-33(36(38,39)40)22-11-25(2)3/h12-21,24-25,33H,4-11,22-23H2,1-3H3. The molecule has 0 saturated carbocycles. The van der Waals surface area contributed by atoms with E-state index in [4.69, 9.17) is 9.47 Å². The van der Waals surface area contributed by atoms with E-state index in [1.54, 1.807) is 38.1 Å². The normalized spacial score (nSPS) is 12.2. The highest BCUT2D eigenvalue weighted by molar-refractivity contribution is 5.92. The molecule has 0 aliphatic carbocycles. The van der Waals surface area contributed by atoms with E-state index in [9.17, 15) is 27.2 Å². The fourth-order valence-corrected chi connectivity index (χ4v) is 4.65. The number of hydrogen-bond acceptors (Lipinski definition) is 5. The first kappa shape index (κ1) is 35.6. The van der Waals surface area contributed by atoms with Gasteiger partial charge in [0.25, 0.3) is 0 Å². The highest BCUT2D eigenvalue weighted by Gasteiger charge is 2.42. The van der Waals surface area contributed by atoms with Crippen molar-refractivity contribution in [3.05, 3.63) is 83.7 Å². The third-order valence-corrected chi connectivity index (χ3v) is 7.32. The number of halogens is 4. The van der Waals surface area contributed by atoms with Crippen LogP contribution in [-0.2, 0) is 4.74 Å². The number of hydrogen-bond donors (Lipinski definition) is 0. The molecule has 0 radical (unpaired) electrons. The van der Waals surface area contributed by atoms with Gasteiger partial charge in [0.15, 0.2) is 6.10 Å². The Hall–Kier alpha value is -3.88. The van der Waals surface area contributed by atoms with Crippen LogP contribution in [0.2, 0.25) is 0 Å². The molecule has 0 bridgehead atoms. The molecule has 0 heterocycles. The summed E-state index contributed by atoms with van der Waals surface area (Å²) < 4.78 is 70.3. The smallest absolute Gasteiger partial charge is 0.425 e. The summed E-state index contributed by atoms with van der Waals surface area (Å²) in [7, 11) is 0. The van der Waals surface area contributed by atoms with Crippen LogP contribution >= 0.6 is 0 Å². The van der Waals surface area contributed by atoms with E-state index in [0.29, 0.717) is 6.61 Å². The SMILES string of the molecule is CCCCCCCCCOc1ccc(-c2ccc(C(=O)Oc3ccc(C(=O)OC(CCC(C)C)C(F)(F)F)c(F)c3)cc2)cc1. The molecule has 45 heavy (non-hydrogen) atoms. The zero-order chi connectivity index (χ0) is 32.8. The van der Waals surface area contributed by atoms with Crippen LogP contribution in [0.15, 0.2) is 66.7 Å². The molecule has 1 atom stereocenters. The van der Waals surface area contributed by atoms with Gasteiger partial charge in [-0.15, -0.1) is 0 Å². The van der Waals surface area contributed by atoms with Gasteiger partial charge in [0, 0.05) is 6.07 Å². The Morgan fingerprint density at radius 3 is 1.89 bits per heavy atom. The monoisotopic (exact) mass is 630 g/mol. The minimum Gasteiger partial charge on any atom is -0.494 e. The third-order valence-electron chi connectivity index (χ3n) is 7.32. The maximum absolute atomic E-state index is 14.7. The van der Waals surface area contributed by atoms with Crippen LogP contribution in [0.4, 0.5) is 17.6 Å². The van der Waals surface area contributed by atoms with E-state index < -0.39 is 42.0 Å². The molecule has 0 N–H and O–H groups in total. The van der Waals surface area contributed by atoms with Crippen LogP contribution in [-0.4, -0.2) is 30.8 Å². The first-order valence-corrected chi connectivity index (χ1v) is 15.6. The first-order chi connectivity index (χ1) is 21.5. The lowest BCUT2D eigenvalue weighted by Gasteiger charge is -2.21. The average Bonchev–Trinajstić information content (AvgIpc) is 3.00. The van der Waals surface area contributed by atoms with E-state index in [-0.39, 0.29) is 23.7 Å². The topological polar surface area (TPSA) is 61.8 Å². The largest absolute Gasteiger partial charge is 0.494 e. The Kier molecular flexibility index (Phi) is 13.9. The van der Waals surface area contributed by atoms with E-state index in [1.807, 2.05) is 24.3 Å². The molecule has 0 aliphatic rings. The molecular weight excluding hydrogens is 588 g/mol. The fraction of sp³-hybridized carbons (Fsp3) is 0.444. The van der Waals surface area contributed by atoms with Gasteiger partial charge < -0.3 is 14.2 Å². The maximum atomic E-state index is 14.7. The summed E-state index contributed by atoms with van der Waals surface area (Å²) >= 11 is 0. The number of alkyl halides is 3. The lowest BCUT2D eigenvalue weighted by atomic mass is 10.0. The van der Waals surface area contributed by atoms with Gasteiger partial charge in [-0.2, -0.15) is 13.2 Å². The van der Waals surface area contributed by atoms with Crippen molar-refractivity contribution in [1.29, 1.82) is 0 Å². The number of carbonyl (C=O) groups excluding carboxylic acids is 2. The molecule has 5 nitrogen and oxygen atoms in total. The van der Waals surface area contributed by atoms with Gasteiger partial charge in [-0.1, -0.05) is 83.6 Å². The van der Waals surface area contributed by atoms with Gasteiger partial charge in [0.1, 0.15) is 17.3 Å². The highest BCUT2D eigenvalue weighted by atomic mass is 19.4. The maximum Gasteiger partial charge on any atom is 0.425 e. The zero-order valence-electron chi connectivity index (χ0n) is 26.1. The molecule has 3 rings (SSSR count). The summed E-state index contributed by atoms with van der Waals surface area (Å²) in [4.78, 5) is 25.0. The zero-order valence-corrected chi connectivity index (χ0v) is 26.1. The fourth-order valence-electron chi connectivity index (χ4n) is 4.65. The number of ether oxygens (including phenoxy) is 3. The van der Waals surface area contributed by atoms with Gasteiger partial charge in [-0.3, -0.25) is 0 Å². The van der Waals surface area contributed by atoms with E-state index in [2.05, 4.69) is 11.7 Å². The Bertz CT molecular complexity index is 1350. The molecule has 0 aromatic heterocycles. The molecule has 1 unspecified atom stereocenters. The summed E-state index contributed by atoms with van der Waals surface area (Å²) in [6.07, 6.45) is 1.16. The van der Waals surface area contributed by atoms with Crippen molar-refractivity contribution in [2.45, 2.75) is 90.8 Å². The average molecular weight is 631 g/mol.